The molecular weight excluding hydrogens is 324 g/mol. The molecule has 0 saturated carbocycles. The first kappa shape index (κ1) is 16.3. The molecule has 24 heavy (non-hydrogen) atoms. The molecule has 2 aromatic heterocycles. The Morgan fingerprint density at radius 2 is 2.08 bits per heavy atom. The standard InChI is InChI=1S/C17H18N4O2S/c1-10-13(11(2)21-15(19-10)8-16(22)20-21)9-18-17(23)12-6-4-5-7-14(12)24-3/h4-8H,9H2,1-3H3,(H,18,23)(H,20,22). The van der Waals surface area contributed by atoms with Gasteiger partial charge in [0.1, 0.15) is 0 Å². The maximum Gasteiger partial charge on any atom is 0.266 e. The third-order valence-corrected chi connectivity index (χ3v) is 4.78. The van der Waals surface area contributed by atoms with Crippen molar-refractivity contribution in [3.63, 3.8) is 0 Å². The second-order valence-electron chi connectivity index (χ2n) is 5.46. The quantitative estimate of drug-likeness (QED) is 0.713. The highest BCUT2D eigenvalue weighted by Gasteiger charge is 2.14. The minimum absolute atomic E-state index is 0.125. The average molecular weight is 342 g/mol. The second kappa shape index (κ2) is 6.52. The van der Waals surface area contributed by atoms with Gasteiger partial charge in [-0.3, -0.25) is 14.7 Å². The van der Waals surface area contributed by atoms with E-state index < -0.39 is 0 Å². The molecule has 0 aliphatic carbocycles. The van der Waals surface area contributed by atoms with Gasteiger partial charge in [0.25, 0.3) is 11.5 Å². The van der Waals surface area contributed by atoms with E-state index in [9.17, 15) is 9.59 Å². The molecule has 3 aromatic rings. The van der Waals surface area contributed by atoms with Gasteiger partial charge in [-0.25, -0.2) is 9.50 Å². The number of fused-ring (bicyclic) bond motifs is 1. The van der Waals surface area contributed by atoms with E-state index in [1.54, 1.807) is 4.52 Å². The third-order valence-electron chi connectivity index (χ3n) is 3.98. The molecule has 0 fully saturated rings. The highest BCUT2D eigenvalue weighted by molar-refractivity contribution is 7.98. The van der Waals surface area contributed by atoms with E-state index in [1.165, 1.54) is 17.8 Å². The first-order valence-electron chi connectivity index (χ1n) is 7.50. The summed E-state index contributed by atoms with van der Waals surface area (Å²) >= 11 is 1.54. The second-order valence-corrected chi connectivity index (χ2v) is 6.31. The Balaban J connectivity index is 1.88. The molecule has 0 radical (unpaired) electrons. The Morgan fingerprint density at radius 1 is 1.33 bits per heavy atom. The van der Waals surface area contributed by atoms with Crippen molar-refractivity contribution in [3.05, 3.63) is 63.2 Å². The van der Waals surface area contributed by atoms with Crippen LogP contribution in [0.4, 0.5) is 0 Å². The molecule has 0 saturated heterocycles. The van der Waals surface area contributed by atoms with Crippen molar-refractivity contribution in [2.45, 2.75) is 25.3 Å². The molecule has 7 heteroatoms. The topological polar surface area (TPSA) is 79.3 Å². The molecule has 1 aromatic carbocycles. The summed E-state index contributed by atoms with van der Waals surface area (Å²) in [5, 5.41) is 5.66. The predicted octanol–water partition coefficient (Wildman–Crippen LogP) is 2.29. The van der Waals surface area contributed by atoms with Crippen LogP contribution in [-0.2, 0) is 6.54 Å². The number of hydrogen-bond acceptors (Lipinski definition) is 4. The van der Waals surface area contributed by atoms with Crippen LogP contribution in [0.2, 0.25) is 0 Å². The molecule has 6 nitrogen and oxygen atoms in total. The monoisotopic (exact) mass is 342 g/mol. The van der Waals surface area contributed by atoms with Gasteiger partial charge in [0.2, 0.25) is 0 Å². The molecule has 124 valence electrons. The molecule has 1 amide bonds. The van der Waals surface area contributed by atoms with Crippen molar-refractivity contribution >= 4 is 23.3 Å². The SMILES string of the molecule is CSc1ccccc1C(=O)NCc1c(C)nc2cc(=O)[nH]n2c1C. The molecule has 0 atom stereocenters. The number of nitrogens with zero attached hydrogens (tertiary/aromatic N) is 2. The van der Waals surface area contributed by atoms with Crippen molar-refractivity contribution in [1.29, 1.82) is 0 Å². The Kier molecular flexibility index (Phi) is 4.44. The average Bonchev–Trinajstić information content (AvgIpc) is 2.94. The molecule has 2 heterocycles. The summed E-state index contributed by atoms with van der Waals surface area (Å²) in [6, 6.07) is 8.96. The van der Waals surface area contributed by atoms with E-state index in [1.807, 2.05) is 44.4 Å². The number of carbonyl (C=O) groups is 1. The summed E-state index contributed by atoms with van der Waals surface area (Å²) in [5.74, 6) is -0.125. The summed E-state index contributed by atoms with van der Waals surface area (Å²) in [6.07, 6.45) is 1.95. The summed E-state index contributed by atoms with van der Waals surface area (Å²) in [6.45, 7) is 4.12. The van der Waals surface area contributed by atoms with E-state index >= 15 is 0 Å². The molecule has 3 rings (SSSR count). The maximum atomic E-state index is 12.5. The van der Waals surface area contributed by atoms with Crippen LogP contribution in [0.3, 0.4) is 0 Å². The van der Waals surface area contributed by atoms with E-state index in [4.69, 9.17) is 0 Å². The Labute approximate surface area is 143 Å². The molecule has 0 aliphatic rings. The zero-order chi connectivity index (χ0) is 17.3. The van der Waals surface area contributed by atoms with E-state index in [0.717, 1.165) is 21.8 Å². The number of amides is 1. The van der Waals surface area contributed by atoms with Crippen molar-refractivity contribution in [2.75, 3.05) is 6.26 Å². The summed E-state index contributed by atoms with van der Waals surface area (Å²) in [7, 11) is 0. The zero-order valence-electron chi connectivity index (χ0n) is 13.7. The van der Waals surface area contributed by atoms with E-state index in [2.05, 4.69) is 15.4 Å². The molecule has 0 spiro atoms. The number of nitrogens with one attached hydrogen (secondary N) is 2. The lowest BCUT2D eigenvalue weighted by Crippen LogP contribution is -2.25. The number of hydrogen-bond donors (Lipinski definition) is 2. The van der Waals surface area contributed by atoms with Crippen LogP contribution in [0.1, 0.15) is 27.3 Å². The summed E-state index contributed by atoms with van der Waals surface area (Å²) < 4.78 is 1.65. The van der Waals surface area contributed by atoms with Crippen molar-refractivity contribution < 1.29 is 4.79 Å². The lowest BCUT2D eigenvalue weighted by atomic mass is 10.1. The van der Waals surface area contributed by atoms with Gasteiger partial charge in [-0.15, -0.1) is 11.8 Å². The number of rotatable bonds is 4. The lowest BCUT2D eigenvalue weighted by Gasteiger charge is -2.13. The Hall–Kier alpha value is -2.54. The number of aryl methyl sites for hydroxylation is 2. The minimum Gasteiger partial charge on any atom is -0.348 e. The maximum absolute atomic E-state index is 12.5. The van der Waals surface area contributed by atoms with Crippen LogP contribution in [-0.4, -0.2) is 26.8 Å². The molecule has 0 bridgehead atoms. The van der Waals surface area contributed by atoms with Crippen LogP contribution >= 0.6 is 11.8 Å². The number of thioether (sulfide) groups is 1. The summed E-state index contributed by atoms with van der Waals surface area (Å²) in [5.41, 5.74) is 3.59. The predicted molar refractivity (Wildman–Crippen MR) is 94.7 cm³/mol. The normalized spacial score (nSPS) is 11.0. The number of aromatic amines is 1. The Morgan fingerprint density at radius 3 is 2.83 bits per heavy atom. The smallest absolute Gasteiger partial charge is 0.266 e. The zero-order valence-corrected chi connectivity index (χ0v) is 14.5. The fourth-order valence-corrected chi connectivity index (χ4v) is 3.30. The largest absolute Gasteiger partial charge is 0.348 e. The fourth-order valence-electron chi connectivity index (χ4n) is 2.71. The molecule has 0 aliphatic heterocycles. The first-order valence-corrected chi connectivity index (χ1v) is 8.73. The molecular formula is C17H18N4O2S. The van der Waals surface area contributed by atoms with E-state index in [-0.39, 0.29) is 11.5 Å². The highest BCUT2D eigenvalue weighted by Crippen LogP contribution is 2.20. The van der Waals surface area contributed by atoms with Gasteiger partial charge in [0.15, 0.2) is 5.65 Å². The minimum atomic E-state index is -0.194. The van der Waals surface area contributed by atoms with Gasteiger partial charge in [-0.1, -0.05) is 12.1 Å². The number of benzene rings is 1. The Bertz CT molecular complexity index is 974. The van der Waals surface area contributed by atoms with Gasteiger partial charge >= 0.3 is 0 Å². The van der Waals surface area contributed by atoms with Crippen LogP contribution in [0, 0.1) is 13.8 Å². The van der Waals surface area contributed by atoms with Crippen molar-refractivity contribution in [2.24, 2.45) is 0 Å². The van der Waals surface area contributed by atoms with Gasteiger partial charge in [-0.2, -0.15) is 0 Å². The number of H-pyrrole nitrogens is 1. The van der Waals surface area contributed by atoms with Gasteiger partial charge in [0.05, 0.1) is 5.56 Å². The van der Waals surface area contributed by atoms with E-state index in [0.29, 0.717) is 17.8 Å². The molecule has 2 N–H and O–H groups in total. The fraction of sp³-hybridized carbons (Fsp3) is 0.235. The van der Waals surface area contributed by atoms with Crippen LogP contribution in [0.5, 0.6) is 0 Å². The third kappa shape index (κ3) is 2.94. The van der Waals surface area contributed by atoms with Crippen LogP contribution in [0.25, 0.3) is 5.65 Å². The van der Waals surface area contributed by atoms with Gasteiger partial charge in [0, 0.05) is 34.5 Å². The molecule has 0 unspecified atom stereocenters. The van der Waals surface area contributed by atoms with Crippen LogP contribution in [0.15, 0.2) is 40.0 Å². The number of carbonyl (C=O) groups excluding carboxylic acids is 1. The van der Waals surface area contributed by atoms with Crippen LogP contribution < -0.4 is 10.9 Å². The van der Waals surface area contributed by atoms with Crippen molar-refractivity contribution in [3.8, 4) is 0 Å². The van der Waals surface area contributed by atoms with Gasteiger partial charge in [-0.05, 0) is 32.2 Å². The number of aromatic nitrogens is 3. The first-order chi connectivity index (χ1) is 11.5. The highest BCUT2D eigenvalue weighted by atomic mass is 32.2. The van der Waals surface area contributed by atoms with Crippen molar-refractivity contribution in [1.82, 2.24) is 19.9 Å². The summed E-state index contributed by atoms with van der Waals surface area (Å²) in [4.78, 5) is 29.3. The lowest BCUT2D eigenvalue weighted by molar-refractivity contribution is 0.0948. The van der Waals surface area contributed by atoms with Gasteiger partial charge < -0.3 is 5.32 Å².